The molecule has 1 aliphatic carbocycles. The Kier molecular flexibility index (Phi) is 7.73. The van der Waals surface area contributed by atoms with E-state index in [1.54, 1.807) is 28.8 Å². The number of aryl methyl sites for hydroxylation is 1. The van der Waals surface area contributed by atoms with Crippen molar-refractivity contribution in [1.29, 1.82) is 0 Å². The number of ether oxygens (including phenoxy) is 1. The molecular formula is C29H36ClN5O4. The third kappa shape index (κ3) is 5.70. The first-order valence-corrected chi connectivity index (χ1v) is 13.9. The third-order valence-electron chi connectivity index (χ3n) is 7.77. The Labute approximate surface area is 232 Å². The second kappa shape index (κ2) is 11.1. The number of aromatic nitrogens is 2. The molecule has 0 bridgehead atoms. The van der Waals surface area contributed by atoms with Crippen molar-refractivity contribution in [3.63, 3.8) is 0 Å². The van der Waals surface area contributed by atoms with Crippen LogP contribution in [0.1, 0.15) is 19.8 Å². The van der Waals surface area contributed by atoms with Gasteiger partial charge in [-0.2, -0.15) is 0 Å². The highest BCUT2D eigenvalue weighted by atomic mass is 35.5. The molecule has 2 fully saturated rings. The van der Waals surface area contributed by atoms with Gasteiger partial charge in [-0.1, -0.05) is 11.6 Å². The summed E-state index contributed by atoms with van der Waals surface area (Å²) >= 11 is 6.39. The standard InChI is InChI=1S/C29H36ClN5O4/c1-5-34-25-10-8-20(12-22(25)28(37)35(29(34)38)14-18-6-7-18)31-27(36)23-16-33(4)15-19(23)17-39-21-9-11-26(32(2)3)24(30)13-21/h8-13,18-19,23H,5-7,14-17H2,1-4H3,(H,31,36)/t19-,23+/m0/s1. The van der Waals surface area contributed by atoms with E-state index in [4.69, 9.17) is 16.3 Å². The van der Waals surface area contributed by atoms with Gasteiger partial charge < -0.3 is 19.9 Å². The van der Waals surface area contributed by atoms with Crippen LogP contribution < -0.4 is 26.2 Å². The molecule has 0 unspecified atom stereocenters. The molecule has 1 amide bonds. The summed E-state index contributed by atoms with van der Waals surface area (Å²) < 4.78 is 9.04. The molecule has 1 saturated carbocycles. The lowest BCUT2D eigenvalue weighted by Gasteiger charge is -2.20. The summed E-state index contributed by atoms with van der Waals surface area (Å²) in [5.74, 6) is 0.650. The summed E-state index contributed by atoms with van der Waals surface area (Å²) in [6, 6.07) is 10.8. The molecular weight excluding hydrogens is 518 g/mol. The number of carbonyl (C=O) groups is 1. The minimum absolute atomic E-state index is 0.0104. The molecule has 1 saturated heterocycles. The molecule has 0 spiro atoms. The van der Waals surface area contributed by atoms with Crippen LogP contribution in [-0.4, -0.2) is 60.8 Å². The molecule has 2 aromatic carbocycles. The zero-order valence-electron chi connectivity index (χ0n) is 22.9. The van der Waals surface area contributed by atoms with Crippen molar-refractivity contribution < 1.29 is 9.53 Å². The van der Waals surface area contributed by atoms with Crippen LogP contribution in [0.15, 0.2) is 46.0 Å². The van der Waals surface area contributed by atoms with Gasteiger partial charge in [0.25, 0.3) is 5.56 Å². The van der Waals surface area contributed by atoms with E-state index in [1.807, 2.05) is 45.1 Å². The van der Waals surface area contributed by atoms with Crippen LogP contribution in [0.5, 0.6) is 5.75 Å². The zero-order chi connectivity index (χ0) is 27.8. The number of benzene rings is 2. The van der Waals surface area contributed by atoms with E-state index in [9.17, 15) is 14.4 Å². The molecule has 2 atom stereocenters. The number of amides is 1. The molecule has 1 N–H and O–H groups in total. The van der Waals surface area contributed by atoms with Gasteiger partial charge in [0, 0.05) is 57.9 Å². The maximum Gasteiger partial charge on any atom is 0.331 e. The largest absolute Gasteiger partial charge is 0.493 e. The van der Waals surface area contributed by atoms with Crippen molar-refractivity contribution in [2.75, 3.05) is 51.1 Å². The molecule has 10 heteroatoms. The van der Waals surface area contributed by atoms with Gasteiger partial charge in [0.2, 0.25) is 5.91 Å². The third-order valence-corrected chi connectivity index (χ3v) is 8.07. The molecule has 208 valence electrons. The normalized spacial score (nSPS) is 19.4. The fourth-order valence-electron chi connectivity index (χ4n) is 5.46. The number of nitrogens with zero attached hydrogens (tertiary/aromatic N) is 4. The van der Waals surface area contributed by atoms with Gasteiger partial charge in [0.15, 0.2) is 0 Å². The molecule has 3 aromatic rings. The molecule has 1 aromatic heterocycles. The molecule has 9 nitrogen and oxygen atoms in total. The van der Waals surface area contributed by atoms with E-state index in [0.717, 1.165) is 25.1 Å². The predicted molar refractivity (Wildman–Crippen MR) is 155 cm³/mol. The van der Waals surface area contributed by atoms with Gasteiger partial charge in [-0.15, -0.1) is 0 Å². The van der Waals surface area contributed by atoms with Gasteiger partial charge in [-0.25, -0.2) is 4.79 Å². The van der Waals surface area contributed by atoms with Crippen molar-refractivity contribution in [2.24, 2.45) is 17.8 Å². The van der Waals surface area contributed by atoms with Crippen LogP contribution >= 0.6 is 11.6 Å². The first-order chi connectivity index (χ1) is 18.7. The lowest BCUT2D eigenvalue weighted by atomic mass is 9.96. The Morgan fingerprint density at radius 2 is 1.87 bits per heavy atom. The second-order valence-corrected chi connectivity index (χ2v) is 11.4. The SMILES string of the molecule is CCn1c(=O)n(CC2CC2)c(=O)c2cc(NC(=O)[C@@H]3CN(C)C[C@H]3COc3ccc(N(C)C)c(Cl)c3)ccc21. The average molecular weight is 554 g/mol. The van der Waals surface area contributed by atoms with Crippen LogP contribution in [0.2, 0.25) is 5.02 Å². The van der Waals surface area contributed by atoms with Crippen LogP contribution in [-0.2, 0) is 17.9 Å². The number of rotatable bonds is 9. The molecule has 5 rings (SSSR count). The molecule has 39 heavy (non-hydrogen) atoms. The molecule has 2 aliphatic rings. The number of nitrogens with one attached hydrogen (secondary N) is 1. The Hall–Kier alpha value is -3.30. The fourth-order valence-corrected chi connectivity index (χ4v) is 5.80. The first-order valence-electron chi connectivity index (χ1n) is 13.5. The van der Waals surface area contributed by atoms with Crippen molar-refractivity contribution in [2.45, 2.75) is 32.9 Å². The molecule has 0 radical (unpaired) electrons. The number of likely N-dealkylation sites (tertiary alicyclic amines) is 1. The maximum absolute atomic E-state index is 13.4. The summed E-state index contributed by atoms with van der Waals surface area (Å²) in [6.07, 6.45) is 2.09. The van der Waals surface area contributed by atoms with E-state index in [-0.39, 0.29) is 29.0 Å². The van der Waals surface area contributed by atoms with E-state index in [2.05, 4.69) is 10.2 Å². The number of halogens is 1. The monoisotopic (exact) mass is 553 g/mol. The van der Waals surface area contributed by atoms with E-state index < -0.39 is 0 Å². The van der Waals surface area contributed by atoms with Gasteiger partial charge in [0.1, 0.15) is 5.75 Å². The highest BCUT2D eigenvalue weighted by Crippen LogP contribution is 2.31. The van der Waals surface area contributed by atoms with Crippen LogP contribution in [0.3, 0.4) is 0 Å². The van der Waals surface area contributed by atoms with E-state index >= 15 is 0 Å². The minimum atomic E-state index is -0.298. The van der Waals surface area contributed by atoms with Crippen LogP contribution in [0.4, 0.5) is 11.4 Å². The smallest absolute Gasteiger partial charge is 0.331 e. The van der Waals surface area contributed by atoms with Gasteiger partial charge >= 0.3 is 5.69 Å². The van der Waals surface area contributed by atoms with Gasteiger partial charge in [0.05, 0.1) is 34.1 Å². The van der Waals surface area contributed by atoms with Crippen molar-refractivity contribution in [3.05, 3.63) is 62.3 Å². The lowest BCUT2D eigenvalue weighted by molar-refractivity contribution is -0.120. The van der Waals surface area contributed by atoms with Crippen LogP contribution in [0, 0.1) is 17.8 Å². The number of fused-ring (bicyclic) bond motifs is 1. The Morgan fingerprint density at radius 1 is 1.10 bits per heavy atom. The Morgan fingerprint density at radius 3 is 2.54 bits per heavy atom. The number of anilines is 2. The molecule has 1 aliphatic heterocycles. The topological polar surface area (TPSA) is 88.8 Å². The number of hydrogen-bond donors (Lipinski definition) is 1. The fraction of sp³-hybridized carbons (Fsp3) is 0.483. The minimum Gasteiger partial charge on any atom is -0.493 e. The van der Waals surface area contributed by atoms with Crippen molar-refractivity contribution in [1.82, 2.24) is 14.0 Å². The predicted octanol–water partition coefficient (Wildman–Crippen LogP) is 3.51. The van der Waals surface area contributed by atoms with E-state index in [1.165, 1.54) is 4.57 Å². The summed E-state index contributed by atoms with van der Waals surface area (Å²) in [4.78, 5) is 43.7. The number of carbonyl (C=O) groups excluding carboxylic acids is 1. The van der Waals surface area contributed by atoms with Crippen molar-refractivity contribution >= 4 is 39.8 Å². The second-order valence-electron chi connectivity index (χ2n) is 11.0. The Bertz CT molecular complexity index is 1510. The summed E-state index contributed by atoms with van der Waals surface area (Å²) in [5.41, 5.74) is 1.47. The van der Waals surface area contributed by atoms with Crippen molar-refractivity contribution in [3.8, 4) is 5.75 Å². The zero-order valence-corrected chi connectivity index (χ0v) is 23.7. The summed E-state index contributed by atoms with van der Waals surface area (Å²) in [5, 5.41) is 4.07. The highest BCUT2D eigenvalue weighted by Gasteiger charge is 2.36. The van der Waals surface area contributed by atoms with E-state index in [0.29, 0.717) is 59.5 Å². The maximum atomic E-state index is 13.4. The quantitative estimate of drug-likeness (QED) is 0.436. The Balaban J connectivity index is 1.33. The molecule has 2 heterocycles. The number of hydrogen-bond acceptors (Lipinski definition) is 6. The summed E-state index contributed by atoms with van der Waals surface area (Å²) in [7, 11) is 5.86. The first kappa shape index (κ1) is 27.3. The van der Waals surface area contributed by atoms with Gasteiger partial charge in [-0.3, -0.25) is 18.7 Å². The van der Waals surface area contributed by atoms with Crippen LogP contribution in [0.25, 0.3) is 10.9 Å². The lowest BCUT2D eigenvalue weighted by Crippen LogP contribution is -2.40. The average Bonchev–Trinajstić information content (AvgIpc) is 3.64. The summed E-state index contributed by atoms with van der Waals surface area (Å²) in [6.45, 7) is 4.53. The highest BCUT2D eigenvalue weighted by molar-refractivity contribution is 6.33. The van der Waals surface area contributed by atoms with Gasteiger partial charge in [-0.05, 0) is 63.1 Å².